The number of hydrogen-bond acceptors (Lipinski definition) is 5. The molecule has 3 aromatic carbocycles. The Kier molecular flexibility index (Phi) is 8.86. The highest BCUT2D eigenvalue weighted by molar-refractivity contribution is 7.92. The average Bonchev–Trinajstić information content (AvgIpc) is 2.83. The third-order valence-corrected chi connectivity index (χ3v) is 6.23. The molecule has 0 atom stereocenters. The van der Waals surface area contributed by atoms with Crippen LogP contribution in [0.5, 0.6) is 5.75 Å². The zero-order valence-corrected chi connectivity index (χ0v) is 20.5. The molecule has 0 radical (unpaired) electrons. The van der Waals surface area contributed by atoms with Gasteiger partial charge in [-0.25, -0.2) is 8.42 Å². The number of benzene rings is 3. The minimum absolute atomic E-state index is 0.290. The fourth-order valence-electron chi connectivity index (χ4n) is 3.47. The fraction of sp³-hybridized carbons (Fsp3) is 0.231. The third-order valence-electron chi connectivity index (χ3n) is 5.09. The van der Waals surface area contributed by atoms with Gasteiger partial charge in [-0.05, 0) is 43.2 Å². The number of rotatable bonds is 11. The second kappa shape index (κ2) is 12.0. The van der Waals surface area contributed by atoms with Crippen molar-refractivity contribution in [1.82, 2.24) is 5.32 Å². The lowest BCUT2D eigenvalue weighted by atomic mass is 10.1. The largest absolute Gasteiger partial charge is 0.494 e. The van der Waals surface area contributed by atoms with Gasteiger partial charge in [0.1, 0.15) is 12.3 Å². The van der Waals surface area contributed by atoms with Gasteiger partial charge >= 0.3 is 0 Å². The molecule has 0 aliphatic rings. The third kappa shape index (κ3) is 7.58. The number of hydrogen-bond donors (Lipinski definition) is 2. The van der Waals surface area contributed by atoms with E-state index in [4.69, 9.17) is 4.74 Å². The van der Waals surface area contributed by atoms with E-state index in [1.165, 1.54) is 0 Å². The Bertz CT molecular complexity index is 1260. The Labute approximate surface area is 206 Å². The van der Waals surface area contributed by atoms with Crippen LogP contribution < -0.4 is 19.7 Å². The highest BCUT2D eigenvalue weighted by Gasteiger charge is 2.22. The van der Waals surface area contributed by atoms with Gasteiger partial charge in [0.15, 0.2) is 0 Å². The number of nitrogens with zero attached hydrogens (tertiary/aromatic N) is 1. The number of ether oxygens (including phenoxy) is 1. The average molecular weight is 496 g/mol. The smallest absolute Gasteiger partial charge is 0.253 e. The van der Waals surface area contributed by atoms with Crippen LogP contribution in [0.3, 0.4) is 0 Å². The van der Waals surface area contributed by atoms with E-state index in [1.807, 2.05) is 37.3 Å². The molecule has 2 amide bonds. The van der Waals surface area contributed by atoms with E-state index in [9.17, 15) is 18.0 Å². The van der Waals surface area contributed by atoms with E-state index in [-0.39, 0.29) is 11.5 Å². The summed E-state index contributed by atoms with van der Waals surface area (Å²) >= 11 is 0. The normalized spacial score (nSPS) is 10.9. The maximum absolute atomic E-state index is 12.8. The maximum atomic E-state index is 12.8. The molecular formula is C26H29N3O5S. The first-order chi connectivity index (χ1) is 16.8. The van der Waals surface area contributed by atoms with Gasteiger partial charge in [0.2, 0.25) is 15.9 Å². The van der Waals surface area contributed by atoms with Crippen LogP contribution in [-0.2, 0) is 21.2 Å². The maximum Gasteiger partial charge on any atom is 0.253 e. The molecule has 2 N–H and O–H groups in total. The molecule has 0 unspecified atom stereocenters. The standard InChI is InChI=1S/C26H29N3O5S/c1-3-34-22-13-9-12-21(18-22)29(35(2,32)33)19-25(30)28-24-15-8-7-14-23(24)26(31)27-17-16-20-10-5-4-6-11-20/h4-15,18H,3,16-17,19H2,1-2H3,(H,27,31)(H,28,30). The topological polar surface area (TPSA) is 105 Å². The number of nitrogens with one attached hydrogen (secondary N) is 2. The molecule has 0 aliphatic carbocycles. The molecule has 8 nitrogen and oxygen atoms in total. The monoisotopic (exact) mass is 495 g/mol. The minimum atomic E-state index is -3.76. The predicted molar refractivity (Wildman–Crippen MR) is 137 cm³/mol. The summed E-state index contributed by atoms with van der Waals surface area (Å²) in [7, 11) is -3.76. The lowest BCUT2D eigenvalue weighted by molar-refractivity contribution is -0.114. The van der Waals surface area contributed by atoms with Crippen LogP contribution in [-0.4, -0.2) is 46.2 Å². The van der Waals surface area contributed by atoms with E-state index in [1.54, 1.807) is 48.5 Å². The van der Waals surface area contributed by atoms with E-state index in [0.717, 1.165) is 16.1 Å². The molecule has 0 heterocycles. The van der Waals surface area contributed by atoms with E-state index >= 15 is 0 Å². The summed E-state index contributed by atoms with van der Waals surface area (Å²) in [5.41, 5.74) is 1.99. The molecule has 35 heavy (non-hydrogen) atoms. The Hall–Kier alpha value is -3.85. The van der Waals surface area contributed by atoms with E-state index in [0.29, 0.717) is 36.7 Å². The molecule has 0 saturated heterocycles. The fourth-order valence-corrected chi connectivity index (χ4v) is 4.31. The van der Waals surface area contributed by atoms with Crippen molar-refractivity contribution in [3.63, 3.8) is 0 Å². The Morgan fingerprint density at radius 1 is 0.943 bits per heavy atom. The van der Waals surface area contributed by atoms with E-state index < -0.39 is 22.5 Å². The Morgan fingerprint density at radius 2 is 1.66 bits per heavy atom. The van der Waals surface area contributed by atoms with Crippen molar-refractivity contribution in [3.05, 3.63) is 90.0 Å². The molecule has 0 saturated carbocycles. The first-order valence-corrected chi connectivity index (χ1v) is 13.0. The van der Waals surface area contributed by atoms with Gasteiger partial charge in [0, 0.05) is 12.6 Å². The van der Waals surface area contributed by atoms with Gasteiger partial charge < -0.3 is 15.4 Å². The van der Waals surface area contributed by atoms with Crippen LogP contribution in [0.25, 0.3) is 0 Å². The quantitative estimate of drug-likeness (QED) is 0.424. The molecule has 184 valence electrons. The van der Waals surface area contributed by atoms with Crippen LogP contribution in [0, 0.1) is 0 Å². The Morgan fingerprint density at radius 3 is 2.37 bits per heavy atom. The van der Waals surface area contributed by atoms with Crippen molar-refractivity contribution < 1.29 is 22.7 Å². The number of amides is 2. The van der Waals surface area contributed by atoms with Gasteiger partial charge in [-0.1, -0.05) is 48.5 Å². The second-order valence-corrected chi connectivity index (χ2v) is 9.69. The highest BCUT2D eigenvalue weighted by Crippen LogP contribution is 2.24. The lowest BCUT2D eigenvalue weighted by Crippen LogP contribution is -2.37. The molecule has 3 aromatic rings. The van der Waals surface area contributed by atoms with Gasteiger partial charge in [-0.2, -0.15) is 0 Å². The lowest BCUT2D eigenvalue weighted by Gasteiger charge is -2.22. The van der Waals surface area contributed by atoms with Crippen LogP contribution in [0.15, 0.2) is 78.9 Å². The zero-order chi connectivity index (χ0) is 25.3. The van der Waals surface area contributed by atoms with Gasteiger partial charge in [0.05, 0.1) is 29.8 Å². The van der Waals surface area contributed by atoms with Gasteiger partial charge in [-0.3, -0.25) is 13.9 Å². The summed E-state index contributed by atoms with van der Waals surface area (Å²) in [5, 5.41) is 5.53. The highest BCUT2D eigenvalue weighted by atomic mass is 32.2. The van der Waals surface area contributed by atoms with Crippen molar-refractivity contribution in [3.8, 4) is 5.75 Å². The first-order valence-electron chi connectivity index (χ1n) is 11.2. The van der Waals surface area contributed by atoms with Gasteiger partial charge in [0.25, 0.3) is 5.91 Å². The summed E-state index contributed by atoms with van der Waals surface area (Å²) in [4.78, 5) is 25.6. The van der Waals surface area contributed by atoms with Crippen molar-refractivity contribution in [2.24, 2.45) is 0 Å². The summed E-state index contributed by atoms with van der Waals surface area (Å²) in [6.45, 7) is 2.22. The minimum Gasteiger partial charge on any atom is -0.494 e. The number of sulfonamides is 1. The summed E-state index contributed by atoms with van der Waals surface area (Å²) in [6.07, 6.45) is 1.70. The second-order valence-electron chi connectivity index (χ2n) is 7.79. The molecule has 0 aliphatic heterocycles. The number of carbonyl (C=O) groups excluding carboxylic acids is 2. The summed E-state index contributed by atoms with van der Waals surface area (Å²) in [5.74, 6) is -0.417. The molecule has 0 spiro atoms. The predicted octanol–water partition coefficient (Wildman–Crippen LogP) is 3.46. The molecule has 3 rings (SSSR count). The molecular weight excluding hydrogens is 466 g/mol. The van der Waals surface area contributed by atoms with E-state index in [2.05, 4.69) is 10.6 Å². The number of anilines is 2. The first kappa shape index (κ1) is 25.8. The van der Waals surface area contributed by atoms with Crippen molar-refractivity contribution in [2.75, 3.05) is 35.6 Å². The summed E-state index contributed by atoms with van der Waals surface area (Å²) < 4.78 is 31.3. The van der Waals surface area contributed by atoms with Crippen LogP contribution in [0.2, 0.25) is 0 Å². The SMILES string of the molecule is CCOc1cccc(N(CC(=O)Nc2ccccc2C(=O)NCCc2ccccc2)S(C)(=O)=O)c1. The molecule has 9 heteroatoms. The number of carbonyl (C=O) groups is 2. The van der Waals surface area contributed by atoms with Crippen LogP contribution in [0.4, 0.5) is 11.4 Å². The molecule has 0 fully saturated rings. The van der Waals surface area contributed by atoms with Gasteiger partial charge in [-0.15, -0.1) is 0 Å². The molecule has 0 aromatic heterocycles. The molecule has 0 bridgehead atoms. The number of para-hydroxylation sites is 1. The van der Waals surface area contributed by atoms with Crippen LogP contribution in [0.1, 0.15) is 22.8 Å². The summed E-state index contributed by atoms with van der Waals surface area (Å²) in [6, 6.07) is 22.9. The van der Waals surface area contributed by atoms with Crippen LogP contribution >= 0.6 is 0 Å². The Balaban J connectivity index is 1.69. The zero-order valence-electron chi connectivity index (χ0n) is 19.7. The van der Waals surface area contributed by atoms with Crippen molar-refractivity contribution in [1.29, 1.82) is 0 Å². The van der Waals surface area contributed by atoms with Crippen molar-refractivity contribution in [2.45, 2.75) is 13.3 Å². The van der Waals surface area contributed by atoms with Crippen molar-refractivity contribution >= 4 is 33.2 Å².